The number of nitrogens with zero attached hydrogens (tertiary/aromatic N) is 2. The van der Waals surface area contributed by atoms with Crippen molar-refractivity contribution < 1.29 is 13.2 Å². The number of rotatable bonds is 7. The summed E-state index contributed by atoms with van der Waals surface area (Å²) in [5.41, 5.74) is 1.17. The molecule has 1 aromatic carbocycles. The minimum Gasteiger partial charge on any atom is -0.379 e. The van der Waals surface area contributed by atoms with Crippen LogP contribution in [0.5, 0.6) is 0 Å². The molecule has 26 heavy (non-hydrogen) atoms. The number of nitrogens with one attached hydrogen (secondary N) is 2. The van der Waals surface area contributed by atoms with Gasteiger partial charge in [0.1, 0.15) is 0 Å². The topological polar surface area (TPSA) is 83.0 Å². The van der Waals surface area contributed by atoms with Crippen molar-refractivity contribution in [2.75, 3.05) is 52.2 Å². The summed E-state index contributed by atoms with van der Waals surface area (Å²) >= 11 is 5.86. The summed E-state index contributed by atoms with van der Waals surface area (Å²) in [6.07, 6.45) is 0.823. The number of benzene rings is 1. The molecule has 0 saturated carbocycles. The lowest BCUT2D eigenvalue weighted by atomic mass is 10.1. The van der Waals surface area contributed by atoms with Gasteiger partial charge in [0.25, 0.3) is 0 Å². The Hall–Kier alpha value is -0.620. The standard InChI is InChI=1S/C16H25ClN4O3S.HI/c1-18-16(19-7-6-14-2-4-15(17)5-3-14)20-8-13-25(22,23)21-9-11-24-12-10-21;/h2-5H,6-13H2,1H3,(H2,18,19,20);1H. The second kappa shape index (κ2) is 12.0. The molecule has 1 aliphatic heterocycles. The van der Waals surface area contributed by atoms with Crippen LogP contribution < -0.4 is 10.6 Å². The zero-order chi connectivity index (χ0) is 18.1. The van der Waals surface area contributed by atoms with E-state index in [2.05, 4.69) is 15.6 Å². The quantitative estimate of drug-likeness (QED) is 0.325. The van der Waals surface area contributed by atoms with Crippen LogP contribution in [0.25, 0.3) is 0 Å². The molecule has 1 fully saturated rings. The van der Waals surface area contributed by atoms with E-state index in [0.29, 0.717) is 45.4 Å². The monoisotopic (exact) mass is 516 g/mol. The first-order valence-electron chi connectivity index (χ1n) is 8.26. The highest BCUT2D eigenvalue weighted by molar-refractivity contribution is 14.0. The molecule has 0 radical (unpaired) electrons. The summed E-state index contributed by atoms with van der Waals surface area (Å²) in [5.74, 6) is 0.622. The van der Waals surface area contributed by atoms with Crippen molar-refractivity contribution in [2.45, 2.75) is 6.42 Å². The van der Waals surface area contributed by atoms with Crippen molar-refractivity contribution in [3.63, 3.8) is 0 Å². The van der Waals surface area contributed by atoms with E-state index in [-0.39, 0.29) is 29.7 Å². The lowest BCUT2D eigenvalue weighted by Crippen LogP contribution is -2.45. The Labute approximate surface area is 177 Å². The van der Waals surface area contributed by atoms with Crippen molar-refractivity contribution in [1.82, 2.24) is 14.9 Å². The van der Waals surface area contributed by atoms with E-state index in [0.717, 1.165) is 11.4 Å². The molecule has 1 aliphatic rings. The molecule has 0 atom stereocenters. The predicted octanol–water partition coefficient (Wildman–Crippen LogP) is 1.33. The Kier molecular flexibility index (Phi) is 10.8. The Morgan fingerprint density at radius 2 is 1.81 bits per heavy atom. The van der Waals surface area contributed by atoms with E-state index < -0.39 is 10.0 Å². The van der Waals surface area contributed by atoms with Gasteiger partial charge in [0.2, 0.25) is 10.0 Å². The highest BCUT2D eigenvalue weighted by atomic mass is 127. The van der Waals surface area contributed by atoms with Crippen LogP contribution in [-0.4, -0.2) is 70.9 Å². The molecule has 2 N–H and O–H groups in total. The number of ether oxygens (including phenoxy) is 1. The summed E-state index contributed by atoms with van der Waals surface area (Å²) in [6, 6.07) is 7.69. The summed E-state index contributed by atoms with van der Waals surface area (Å²) in [5, 5.41) is 6.93. The molecule has 1 heterocycles. The van der Waals surface area contributed by atoms with Crippen LogP contribution in [0.4, 0.5) is 0 Å². The SMILES string of the molecule is CN=C(NCCc1ccc(Cl)cc1)NCCS(=O)(=O)N1CCOCC1.I. The number of aliphatic imine (C=N–C) groups is 1. The molecule has 0 spiro atoms. The maximum atomic E-state index is 12.2. The van der Waals surface area contributed by atoms with Crippen molar-refractivity contribution in [2.24, 2.45) is 4.99 Å². The molecule has 148 valence electrons. The smallest absolute Gasteiger partial charge is 0.215 e. The van der Waals surface area contributed by atoms with E-state index in [1.165, 1.54) is 9.87 Å². The summed E-state index contributed by atoms with van der Waals surface area (Å²) in [6.45, 7) is 2.77. The zero-order valence-corrected chi connectivity index (χ0v) is 18.7. The minimum absolute atomic E-state index is 0. The molecule has 0 bridgehead atoms. The first-order chi connectivity index (χ1) is 12.0. The Morgan fingerprint density at radius 3 is 2.42 bits per heavy atom. The van der Waals surface area contributed by atoms with Gasteiger partial charge in [-0.1, -0.05) is 23.7 Å². The van der Waals surface area contributed by atoms with Gasteiger partial charge < -0.3 is 15.4 Å². The highest BCUT2D eigenvalue weighted by Gasteiger charge is 2.23. The van der Waals surface area contributed by atoms with E-state index in [1.54, 1.807) is 7.05 Å². The van der Waals surface area contributed by atoms with Gasteiger partial charge in [-0.15, -0.1) is 24.0 Å². The Balaban J connectivity index is 0.00000338. The zero-order valence-electron chi connectivity index (χ0n) is 14.8. The number of sulfonamides is 1. The van der Waals surface area contributed by atoms with Gasteiger partial charge in [0.15, 0.2) is 5.96 Å². The van der Waals surface area contributed by atoms with Crippen molar-refractivity contribution in [3.05, 3.63) is 34.9 Å². The maximum absolute atomic E-state index is 12.2. The molecule has 7 nitrogen and oxygen atoms in total. The normalized spacial score (nSPS) is 16.0. The molecular formula is C16H26ClIN4O3S. The fraction of sp³-hybridized carbons (Fsp3) is 0.562. The lowest BCUT2D eigenvalue weighted by Gasteiger charge is -2.26. The van der Waals surface area contributed by atoms with Gasteiger partial charge in [-0.05, 0) is 24.1 Å². The highest BCUT2D eigenvalue weighted by Crippen LogP contribution is 2.09. The number of hydrogen-bond donors (Lipinski definition) is 2. The summed E-state index contributed by atoms with van der Waals surface area (Å²) in [4.78, 5) is 4.11. The van der Waals surface area contributed by atoms with E-state index in [9.17, 15) is 8.42 Å². The second-order valence-electron chi connectivity index (χ2n) is 5.63. The van der Waals surface area contributed by atoms with Crippen molar-refractivity contribution in [3.8, 4) is 0 Å². The summed E-state index contributed by atoms with van der Waals surface area (Å²) in [7, 11) is -1.60. The molecule has 0 amide bonds. The first-order valence-corrected chi connectivity index (χ1v) is 10.2. The van der Waals surface area contributed by atoms with Gasteiger partial charge in [-0.2, -0.15) is 4.31 Å². The van der Waals surface area contributed by atoms with Gasteiger partial charge in [0.05, 0.1) is 19.0 Å². The van der Waals surface area contributed by atoms with E-state index in [4.69, 9.17) is 16.3 Å². The number of guanidine groups is 1. The van der Waals surface area contributed by atoms with Crippen molar-refractivity contribution >= 4 is 51.6 Å². The fourth-order valence-electron chi connectivity index (χ4n) is 2.45. The van der Waals surface area contributed by atoms with Crippen LogP contribution >= 0.6 is 35.6 Å². The summed E-state index contributed by atoms with van der Waals surface area (Å²) < 4.78 is 31.1. The Bertz CT molecular complexity index is 665. The van der Waals surface area contributed by atoms with Crippen LogP contribution in [-0.2, 0) is 21.2 Å². The number of hydrogen-bond acceptors (Lipinski definition) is 4. The minimum atomic E-state index is -3.26. The lowest BCUT2D eigenvalue weighted by molar-refractivity contribution is 0.0730. The number of halogens is 2. The third-order valence-corrected chi connectivity index (χ3v) is 5.98. The van der Waals surface area contributed by atoms with Crippen LogP contribution in [0.1, 0.15) is 5.56 Å². The molecule has 2 rings (SSSR count). The number of morpholine rings is 1. The van der Waals surface area contributed by atoms with Gasteiger partial charge >= 0.3 is 0 Å². The molecule has 0 unspecified atom stereocenters. The van der Waals surface area contributed by atoms with Crippen LogP contribution in [0.15, 0.2) is 29.3 Å². The fourth-order valence-corrected chi connectivity index (χ4v) is 3.90. The molecule has 10 heteroatoms. The van der Waals surface area contributed by atoms with Crippen LogP contribution in [0.2, 0.25) is 5.02 Å². The van der Waals surface area contributed by atoms with Crippen molar-refractivity contribution in [1.29, 1.82) is 0 Å². The predicted molar refractivity (Wildman–Crippen MR) is 116 cm³/mol. The van der Waals surface area contributed by atoms with E-state index in [1.807, 2.05) is 24.3 Å². The van der Waals surface area contributed by atoms with E-state index >= 15 is 0 Å². The maximum Gasteiger partial charge on any atom is 0.215 e. The second-order valence-corrected chi connectivity index (χ2v) is 8.15. The molecular weight excluding hydrogens is 491 g/mol. The average Bonchev–Trinajstić information content (AvgIpc) is 2.62. The molecule has 0 aliphatic carbocycles. The third-order valence-electron chi connectivity index (χ3n) is 3.86. The Morgan fingerprint density at radius 1 is 1.19 bits per heavy atom. The van der Waals surface area contributed by atoms with Crippen LogP contribution in [0.3, 0.4) is 0 Å². The largest absolute Gasteiger partial charge is 0.379 e. The first kappa shape index (κ1) is 23.4. The van der Waals surface area contributed by atoms with Gasteiger partial charge in [-0.25, -0.2) is 8.42 Å². The van der Waals surface area contributed by atoms with Gasteiger partial charge in [-0.3, -0.25) is 4.99 Å². The molecule has 1 aromatic rings. The molecule has 1 saturated heterocycles. The molecule has 0 aromatic heterocycles. The third kappa shape index (κ3) is 7.95. The van der Waals surface area contributed by atoms with Crippen LogP contribution in [0, 0.1) is 0 Å². The van der Waals surface area contributed by atoms with Gasteiger partial charge in [0, 0.05) is 38.2 Å². The average molecular weight is 517 g/mol.